The molecule has 0 saturated carbocycles. The van der Waals surface area contributed by atoms with Crippen LogP contribution in [0.1, 0.15) is 27.7 Å². The summed E-state index contributed by atoms with van der Waals surface area (Å²) in [7, 11) is 0. The van der Waals surface area contributed by atoms with Gasteiger partial charge in [-0.25, -0.2) is 4.79 Å². The predicted octanol–water partition coefficient (Wildman–Crippen LogP) is 2.12. The fraction of sp³-hybridized carbons (Fsp3) is 0.667. The highest BCUT2D eigenvalue weighted by atomic mass is 35.5. The van der Waals surface area contributed by atoms with Gasteiger partial charge in [-0.05, 0) is 17.8 Å². The number of halogens is 1. The van der Waals surface area contributed by atoms with Gasteiger partial charge in [-0.2, -0.15) is 0 Å². The number of aromatic amines is 1. The highest BCUT2D eigenvalue weighted by Crippen LogP contribution is 2.21. The Morgan fingerprint density at radius 3 is 2.18 bits per heavy atom. The van der Waals surface area contributed by atoms with Gasteiger partial charge in [0.2, 0.25) is 0 Å². The van der Waals surface area contributed by atoms with Gasteiger partial charge in [0.05, 0.1) is 0 Å². The molecule has 0 unspecified atom stereocenters. The van der Waals surface area contributed by atoms with Crippen LogP contribution in [0.2, 0.25) is 5.15 Å². The van der Waals surface area contributed by atoms with E-state index in [1.807, 2.05) is 0 Å². The van der Waals surface area contributed by atoms with Crippen LogP contribution in [-0.4, -0.2) is 9.55 Å². The van der Waals surface area contributed by atoms with Crippen LogP contribution in [0.15, 0.2) is 15.7 Å². The van der Waals surface area contributed by atoms with Crippen molar-refractivity contribution < 1.29 is 0 Å². The van der Waals surface area contributed by atoms with Gasteiger partial charge in [-0.3, -0.25) is 14.3 Å². The van der Waals surface area contributed by atoms with Crippen molar-refractivity contribution in [3.63, 3.8) is 0 Å². The zero-order valence-electron chi connectivity index (χ0n) is 10.7. The number of nitrogens with zero attached hydrogens (tertiary/aromatic N) is 1. The van der Waals surface area contributed by atoms with E-state index in [9.17, 15) is 9.59 Å². The molecule has 0 bridgehead atoms. The number of H-pyrrole nitrogens is 1. The second-order valence-electron chi connectivity index (χ2n) is 5.02. The molecular formula is C12H19ClN2O2. The minimum atomic E-state index is -0.436. The quantitative estimate of drug-likeness (QED) is 0.841. The van der Waals surface area contributed by atoms with Crippen LogP contribution in [0.25, 0.3) is 0 Å². The molecule has 4 nitrogen and oxygen atoms in total. The molecule has 1 N–H and O–H groups in total. The maximum atomic E-state index is 11.7. The van der Waals surface area contributed by atoms with Gasteiger partial charge in [0.15, 0.2) is 0 Å². The molecule has 1 rings (SSSR count). The standard InChI is InChI=1S/C12H19ClN2O2/c1-7(2)9(8(3)4)6-15-11(16)5-10(13)14-12(15)17/h5,7-9H,6H2,1-4H3,(H,14,17). The normalized spacial score (nSPS) is 11.8. The zero-order chi connectivity index (χ0) is 13.2. The SMILES string of the molecule is CC(C)C(Cn1c(=O)cc(Cl)[nH]c1=O)C(C)C. The summed E-state index contributed by atoms with van der Waals surface area (Å²) in [5, 5.41) is 0.0851. The average Bonchev–Trinajstić information content (AvgIpc) is 2.14. The summed E-state index contributed by atoms with van der Waals surface area (Å²) in [6.07, 6.45) is 0. The highest BCUT2D eigenvalue weighted by Gasteiger charge is 2.19. The van der Waals surface area contributed by atoms with Crippen LogP contribution in [0, 0.1) is 17.8 Å². The first kappa shape index (κ1) is 14.0. The van der Waals surface area contributed by atoms with Crippen molar-refractivity contribution in [2.75, 3.05) is 0 Å². The Labute approximate surface area is 106 Å². The van der Waals surface area contributed by atoms with Crippen LogP contribution in [0.5, 0.6) is 0 Å². The molecule has 1 aromatic rings. The molecule has 0 atom stereocenters. The topological polar surface area (TPSA) is 54.9 Å². The lowest BCUT2D eigenvalue weighted by atomic mass is 9.85. The molecule has 0 saturated heterocycles. The van der Waals surface area contributed by atoms with Crippen molar-refractivity contribution >= 4 is 11.6 Å². The van der Waals surface area contributed by atoms with E-state index < -0.39 is 5.69 Å². The highest BCUT2D eigenvalue weighted by molar-refractivity contribution is 6.29. The van der Waals surface area contributed by atoms with Crippen LogP contribution in [-0.2, 0) is 6.54 Å². The third-order valence-electron chi connectivity index (χ3n) is 3.09. The Kier molecular flexibility index (Phi) is 4.57. The van der Waals surface area contributed by atoms with Crippen LogP contribution in [0.3, 0.4) is 0 Å². The first-order valence-electron chi connectivity index (χ1n) is 5.82. The fourth-order valence-corrected chi connectivity index (χ4v) is 2.24. The maximum absolute atomic E-state index is 11.7. The van der Waals surface area contributed by atoms with E-state index in [-0.39, 0.29) is 16.6 Å². The second kappa shape index (κ2) is 5.54. The molecule has 1 heterocycles. The van der Waals surface area contributed by atoms with Crippen molar-refractivity contribution in [1.82, 2.24) is 9.55 Å². The summed E-state index contributed by atoms with van der Waals surface area (Å²) in [6.45, 7) is 8.82. The Morgan fingerprint density at radius 1 is 1.24 bits per heavy atom. The molecule has 0 aromatic carbocycles. The molecule has 5 heteroatoms. The summed E-state index contributed by atoms with van der Waals surface area (Å²) < 4.78 is 1.22. The number of aromatic nitrogens is 2. The Bertz CT molecular complexity index is 449. The van der Waals surface area contributed by atoms with Gasteiger partial charge < -0.3 is 0 Å². The smallest absolute Gasteiger partial charge is 0.298 e. The van der Waals surface area contributed by atoms with E-state index >= 15 is 0 Å². The van der Waals surface area contributed by atoms with Crippen LogP contribution < -0.4 is 11.2 Å². The molecule has 0 aliphatic rings. The summed E-state index contributed by atoms with van der Waals surface area (Å²) in [5.74, 6) is 1.11. The van der Waals surface area contributed by atoms with Gasteiger partial charge >= 0.3 is 5.69 Å². The van der Waals surface area contributed by atoms with Crippen molar-refractivity contribution in [3.8, 4) is 0 Å². The fourth-order valence-electron chi connectivity index (χ4n) is 2.07. The first-order valence-corrected chi connectivity index (χ1v) is 6.20. The van der Waals surface area contributed by atoms with Crippen molar-refractivity contribution in [1.29, 1.82) is 0 Å². The maximum Gasteiger partial charge on any atom is 0.329 e. The minimum Gasteiger partial charge on any atom is -0.298 e. The Balaban J connectivity index is 3.10. The van der Waals surface area contributed by atoms with Gasteiger partial charge in [0.1, 0.15) is 5.15 Å². The summed E-state index contributed by atoms with van der Waals surface area (Å²) >= 11 is 5.61. The van der Waals surface area contributed by atoms with E-state index in [1.165, 1.54) is 10.6 Å². The number of hydrogen-bond donors (Lipinski definition) is 1. The van der Waals surface area contributed by atoms with Crippen molar-refractivity contribution in [3.05, 3.63) is 32.1 Å². The molecule has 0 fully saturated rings. The summed E-state index contributed by atoms with van der Waals surface area (Å²) in [5.41, 5.74) is -0.779. The largest absolute Gasteiger partial charge is 0.329 e. The van der Waals surface area contributed by atoms with Crippen molar-refractivity contribution in [2.24, 2.45) is 17.8 Å². The Hall–Kier alpha value is -1.03. The molecule has 0 amide bonds. The predicted molar refractivity (Wildman–Crippen MR) is 69.5 cm³/mol. The van der Waals surface area contributed by atoms with Crippen molar-refractivity contribution in [2.45, 2.75) is 34.2 Å². The monoisotopic (exact) mass is 258 g/mol. The lowest BCUT2D eigenvalue weighted by molar-refractivity contribution is 0.245. The third-order valence-corrected chi connectivity index (χ3v) is 3.30. The molecule has 17 heavy (non-hydrogen) atoms. The summed E-state index contributed by atoms with van der Waals surface area (Å²) in [4.78, 5) is 25.8. The molecular weight excluding hydrogens is 240 g/mol. The molecule has 96 valence electrons. The van der Waals surface area contributed by atoms with E-state index in [0.29, 0.717) is 18.4 Å². The van der Waals surface area contributed by atoms with E-state index in [0.717, 1.165) is 0 Å². The lowest BCUT2D eigenvalue weighted by Gasteiger charge is -2.24. The second-order valence-corrected chi connectivity index (χ2v) is 5.43. The molecule has 0 radical (unpaired) electrons. The van der Waals surface area contributed by atoms with Crippen LogP contribution in [0.4, 0.5) is 0 Å². The molecule has 0 aliphatic heterocycles. The number of nitrogens with one attached hydrogen (secondary N) is 1. The minimum absolute atomic E-state index is 0.0851. The summed E-state index contributed by atoms with van der Waals surface area (Å²) in [6, 6.07) is 1.24. The van der Waals surface area contributed by atoms with Crippen LogP contribution >= 0.6 is 11.6 Å². The molecule has 0 aliphatic carbocycles. The van der Waals surface area contributed by atoms with E-state index in [2.05, 4.69) is 32.7 Å². The van der Waals surface area contributed by atoms with E-state index in [1.54, 1.807) is 0 Å². The lowest BCUT2D eigenvalue weighted by Crippen LogP contribution is -2.38. The zero-order valence-corrected chi connectivity index (χ0v) is 11.4. The molecule has 0 spiro atoms. The number of hydrogen-bond acceptors (Lipinski definition) is 2. The van der Waals surface area contributed by atoms with Gasteiger partial charge in [-0.1, -0.05) is 39.3 Å². The average molecular weight is 259 g/mol. The number of rotatable bonds is 4. The Morgan fingerprint density at radius 2 is 1.76 bits per heavy atom. The molecule has 1 aromatic heterocycles. The first-order chi connectivity index (χ1) is 7.82. The van der Waals surface area contributed by atoms with E-state index in [4.69, 9.17) is 11.6 Å². The van der Waals surface area contributed by atoms with Gasteiger partial charge in [0.25, 0.3) is 5.56 Å². The van der Waals surface area contributed by atoms with Gasteiger partial charge in [-0.15, -0.1) is 0 Å². The third kappa shape index (κ3) is 3.46. The van der Waals surface area contributed by atoms with Gasteiger partial charge in [0, 0.05) is 12.6 Å².